The average Bonchev–Trinajstić information content (AvgIpc) is 3.32. The Morgan fingerprint density at radius 2 is 1.72 bits per heavy atom. The van der Waals surface area contributed by atoms with Gasteiger partial charge in [0.1, 0.15) is 5.78 Å². The van der Waals surface area contributed by atoms with Crippen LogP contribution in [0.1, 0.15) is 28.9 Å². The number of rotatable bonds is 9. The van der Waals surface area contributed by atoms with Crippen LogP contribution in [0, 0.1) is 0 Å². The number of Topliss-reactive ketones (excluding diaryl/α,β-unsaturated/α-hetero) is 2. The molecule has 0 aliphatic heterocycles. The molecule has 5 heteroatoms. The summed E-state index contributed by atoms with van der Waals surface area (Å²) in [6, 6.07) is 17.9. The van der Waals surface area contributed by atoms with Gasteiger partial charge < -0.3 is 0 Å². The summed E-state index contributed by atoms with van der Waals surface area (Å²) in [5, 5.41) is 2.04. The lowest BCUT2D eigenvalue weighted by atomic mass is 10.1. The van der Waals surface area contributed by atoms with Crippen molar-refractivity contribution in [1.82, 2.24) is 0 Å². The van der Waals surface area contributed by atoms with Crippen molar-refractivity contribution in [2.45, 2.75) is 24.2 Å². The predicted octanol–water partition coefficient (Wildman–Crippen LogP) is 6.19. The van der Waals surface area contributed by atoms with Crippen molar-refractivity contribution in [3.05, 3.63) is 64.9 Å². The lowest BCUT2D eigenvalue weighted by Gasteiger charge is -2.01. The van der Waals surface area contributed by atoms with Gasteiger partial charge in [-0.1, -0.05) is 24.3 Å². The maximum Gasteiger partial charge on any atom is 0.172 e. The second-order valence-electron chi connectivity index (χ2n) is 5.56. The molecule has 0 amide bonds. The minimum absolute atomic E-state index is 0.135. The smallest absolute Gasteiger partial charge is 0.172 e. The Labute approximate surface area is 159 Å². The number of hydrogen-bond donors (Lipinski definition) is 0. The fourth-order valence-corrected chi connectivity index (χ4v) is 4.99. The van der Waals surface area contributed by atoms with E-state index in [1.165, 1.54) is 16.2 Å². The molecule has 2 nitrogen and oxygen atoms in total. The zero-order valence-corrected chi connectivity index (χ0v) is 16.1. The van der Waals surface area contributed by atoms with Crippen LogP contribution >= 0.6 is 34.4 Å². The first-order valence-corrected chi connectivity index (χ1v) is 10.8. The van der Waals surface area contributed by atoms with Crippen LogP contribution in [-0.2, 0) is 4.79 Å². The summed E-state index contributed by atoms with van der Waals surface area (Å²) in [5.74, 6) is 0.808. The molecule has 0 unspecified atom stereocenters. The van der Waals surface area contributed by atoms with Crippen LogP contribution in [0.3, 0.4) is 0 Å². The number of thioether (sulfide) groups is 1. The number of carbonyl (C=O) groups excluding carboxylic acids is 2. The molecule has 0 saturated carbocycles. The Balaban J connectivity index is 1.41. The number of hydrogen-bond acceptors (Lipinski definition) is 5. The molecular weight excluding hydrogens is 368 g/mol. The summed E-state index contributed by atoms with van der Waals surface area (Å²) in [6.07, 6.45) is 1.53. The van der Waals surface area contributed by atoms with Crippen molar-refractivity contribution in [2.24, 2.45) is 0 Å². The normalized spacial score (nSPS) is 10.7. The summed E-state index contributed by atoms with van der Waals surface area (Å²) in [5.41, 5.74) is 0. The summed E-state index contributed by atoms with van der Waals surface area (Å²) >= 11 is 4.77. The molecular formula is C20H18O2S3. The van der Waals surface area contributed by atoms with Gasteiger partial charge in [-0.25, -0.2) is 0 Å². The highest BCUT2D eigenvalue weighted by atomic mass is 32.2. The summed E-state index contributed by atoms with van der Waals surface area (Å²) in [4.78, 5) is 28.5. The standard InChI is InChI=1S/C20H18O2S3/c21-15(14-24-16-7-2-1-3-8-16)6-4-9-17(22)18-11-12-20(25-18)19-10-5-13-23-19/h1-3,5,7-8,10-13H,4,6,9,14H2. The zero-order chi connectivity index (χ0) is 17.5. The first-order valence-electron chi connectivity index (χ1n) is 8.09. The SMILES string of the molecule is O=C(CCCC(=O)c1ccc(-c2cccs2)s1)CSc1ccccc1. The molecule has 2 aromatic heterocycles. The lowest BCUT2D eigenvalue weighted by Crippen LogP contribution is -2.03. The Bertz CT molecular complexity index is 820. The van der Waals surface area contributed by atoms with Gasteiger partial charge in [-0.15, -0.1) is 34.4 Å². The van der Waals surface area contributed by atoms with Gasteiger partial charge in [-0.05, 0) is 42.1 Å². The van der Waals surface area contributed by atoms with Gasteiger partial charge in [-0.2, -0.15) is 0 Å². The van der Waals surface area contributed by atoms with E-state index in [0.29, 0.717) is 25.0 Å². The zero-order valence-electron chi connectivity index (χ0n) is 13.6. The quantitative estimate of drug-likeness (QED) is 0.325. The van der Waals surface area contributed by atoms with Gasteiger partial charge in [0.2, 0.25) is 0 Å². The van der Waals surface area contributed by atoms with Gasteiger partial charge in [0.25, 0.3) is 0 Å². The van der Waals surface area contributed by atoms with Crippen LogP contribution in [-0.4, -0.2) is 17.3 Å². The molecule has 0 spiro atoms. The molecule has 0 aliphatic rings. The third-order valence-corrected chi connectivity index (χ3v) is 6.91. The van der Waals surface area contributed by atoms with Crippen LogP contribution in [0.5, 0.6) is 0 Å². The number of thiophene rings is 2. The Kier molecular flexibility index (Phi) is 6.62. The molecule has 0 N–H and O–H groups in total. The molecule has 0 aliphatic carbocycles. The predicted molar refractivity (Wildman–Crippen MR) is 108 cm³/mol. The molecule has 1 aromatic carbocycles. The van der Waals surface area contributed by atoms with Crippen LogP contribution in [0.25, 0.3) is 9.75 Å². The van der Waals surface area contributed by atoms with Crippen LogP contribution in [0.4, 0.5) is 0 Å². The first kappa shape index (κ1) is 18.1. The second kappa shape index (κ2) is 9.13. The first-order chi connectivity index (χ1) is 12.2. The molecule has 128 valence electrons. The van der Waals surface area contributed by atoms with Gasteiger partial charge in [-0.3, -0.25) is 9.59 Å². The molecule has 3 aromatic rings. The third-order valence-electron chi connectivity index (χ3n) is 3.65. The molecule has 2 heterocycles. The number of ketones is 2. The van der Waals surface area contributed by atoms with Crippen LogP contribution in [0.15, 0.2) is 64.9 Å². The van der Waals surface area contributed by atoms with Crippen LogP contribution < -0.4 is 0 Å². The average molecular weight is 387 g/mol. The van der Waals surface area contributed by atoms with Gasteiger partial charge in [0, 0.05) is 27.5 Å². The van der Waals surface area contributed by atoms with E-state index in [0.717, 1.165) is 14.6 Å². The van der Waals surface area contributed by atoms with Gasteiger partial charge in [0.05, 0.1) is 10.6 Å². The molecule has 25 heavy (non-hydrogen) atoms. The van der Waals surface area contributed by atoms with Crippen molar-refractivity contribution in [2.75, 3.05) is 5.75 Å². The van der Waals surface area contributed by atoms with E-state index in [9.17, 15) is 9.59 Å². The van der Waals surface area contributed by atoms with E-state index in [-0.39, 0.29) is 11.6 Å². The minimum atomic E-state index is 0.135. The fourth-order valence-electron chi connectivity index (χ4n) is 2.36. The highest BCUT2D eigenvalue weighted by Crippen LogP contribution is 2.32. The maximum atomic E-state index is 12.3. The summed E-state index contributed by atoms with van der Waals surface area (Å²) < 4.78 is 0. The van der Waals surface area contributed by atoms with Gasteiger partial charge >= 0.3 is 0 Å². The van der Waals surface area contributed by atoms with E-state index in [1.54, 1.807) is 23.1 Å². The van der Waals surface area contributed by atoms with E-state index in [2.05, 4.69) is 6.07 Å². The summed E-state index contributed by atoms with van der Waals surface area (Å²) in [7, 11) is 0. The van der Waals surface area contributed by atoms with Crippen molar-refractivity contribution in [3.63, 3.8) is 0 Å². The maximum absolute atomic E-state index is 12.3. The van der Waals surface area contributed by atoms with E-state index in [1.807, 2.05) is 53.9 Å². The highest BCUT2D eigenvalue weighted by molar-refractivity contribution is 8.00. The topological polar surface area (TPSA) is 34.1 Å². The van der Waals surface area contributed by atoms with Crippen molar-refractivity contribution >= 4 is 46.0 Å². The lowest BCUT2D eigenvalue weighted by molar-refractivity contribution is -0.116. The second-order valence-corrected chi connectivity index (χ2v) is 8.64. The Morgan fingerprint density at radius 1 is 0.880 bits per heavy atom. The van der Waals surface area contributed by atoms with E-state index >= 15 is 0 Å². The highest BCUT2D eigenvalue weighted by Gasteiger charge is 2.12. The number of benzene rings is 1. The van der Waals surface area contributed by atoms with Crippen molar-refractivity contribution < 1.29 is 9.59 Å². The van der Waals surface area contributed by atoms with E-state index in [4.69, 9.17) is 0 Å². The Morgan fingerprint density at radius 3 is 2.48 bits per heavy atom. The van der Waals surface area contributed by atoms with E-state index < -0.39 is 0 Å². The largest absolute Gasteiger partial charge is 0.299 e. The van der Waals surface area contributed by atoms with Crippen LogP contribution in [0.2, 0.25) is 0 Å². The molecule has 0 saturated heterocycles. The third kappa shape index (κ3) is 5.39. The molecule has 0 fully saturated rings. The fraction of sp³-hybridized carbons (Fsp3) is 0.200. The molecule has 0 bridgehead atoms. The monoisotopic (exact) mass is 386 g/mol. The summed E-state index contributed by atoms with van der Waals surface area (Å²) in [6.45, 7) is 0. The van der Waals surface area contributed by atoms with Gasteiger partial charge in [0.15, 0.2) is 5.78 Å². The molecule has 0 atom stereocenters. The molecule has 3 rings (SSSR count). The van der Waals surface area contributed by atoms with Crippen molar-refractivity contribution in [3.8, 4) is 9.75 Å². The molecule has 0 radical (unpaired) electrons. The Hall–Kier alpha value is -1.69. The van der Waals surface area contributed by atoms with Crippen molar-refractivity contribution in [1.29, 1.82) is 0 Å². The minimum Gasteiger partial charge on any atom is -0.299 e. The number of carbonyl (C=O) groups is 2.